The molecule has 1 fully saturated rings. The van der Waals surface area contributed by atoms with Crippen LogP contribution < -0.4 is 21.1 Å². The molecule has 11 heteroatoms. The predicted octanol–water partition coefficient (Wildman–Crippen LogP) is 3.07. The van der Waals surface area contributed by atoms with Gasteiger partial charge >= 0.3 is 0 Å². The van der Waals surface area contributed by atoms with Crippen LogP contribution in [0.1, 0.15) is 5.56 Å². The third-order valence-electron chi connectivity index (χ3n) is 6.95. The molecule has 11 nitrogen and oxygen atoms in total. The first-order valence-electron chi connectivity index (χ1n) is 12.6. The lowest BCUT2D eigenvalue weighted by Crippen LogP contribution is -2.56. The van der Waals surface area contributed by atoms with Gasteiger partial charge < -0.3 is 21.1 Å². The standard InChI is InChI=1S/C28H26N10O/c1-36-7-6-23(35-36)22-14-38(28-26(22)27(30)32-16-33-28)20-8-17(10-31-11-20)15-39-21-4-2-18-3-5-25(34-24(18)9-21)37-12-19(29)13-37/h2-11,14,16,19H,12-13,15,29H2,1H3,(H2,30,32,33). The first kappa shape index (κ1) is 23.1. The second-order valence-corrected chi connectivity index (χ2v) is 9.77. The summed E-state index contributed by atoms with van der Waals surface area (Å²) in [6, 6.07) is 14.2. The van der Waals surface area contributed by atoms with E-state index in [4.69, 9.17) is 21.2 Å². The van der Waals surface area contributed by atoms with Crippen molar-refractivity contribution in [3.05, 3.63) is 79.1 Å². The number of anilines is 2. The summed E-state index contributed by atoms with van der Waals surface area (Å²) in [4.78, 5) is 20.2. The third-order valence-corrected chi connectivity index (χ3v) is 6.95. The number of aromatic nitrogens is 7. The van der Waals surface area contributed by atoms with Crippen LogP contribution in [0.3, 0.4) is 0 Å². The minimum Gasteiger partial charge on any atom is -0.489 e. The van der Waals surface area contributed by atoms with Gasteiger partial charge in [0.25, 0.3) is 0 Å². The number of pyridine rings is 2. The molecule has 0 spiro atoms. The summed E-state index contributed by atoms with van der Waals surface area (Å²) in [6.45, 7) is 2.00. The largest absolute Gasteiger partial charge is 0.489 e. The molecule has 0 unspecified atom stereocenters. The highest BCUT2D eigenvalue weighted by Gasteiger charge is 2.24. The summed E-state index contributed by atoms with van der Waals surface area (Å²) in [5, 5.41) is 6.36. The number of fused-ring (bicyclic) bond motifs is 2. The molecule has 0 radical (unpaired) electrons. The van der Waals surface area contributed by atoms with Crippen molar-refractivity contribution in [2.24, 2.45) is 12.8 Å². The van der Waals surface area contributed by atoms with E-state index in [-0.39, 0.29) is 6.04 Å². The fourth-order valence-corrected chi connectivity index (χ4v) is 4.94. The van der Waals surface area contributed by atoms with Gasteiger partial charge in [0.15, 0.2) is 5.65 Å². The Morgan fingerprint density at radius 2 is 1.92 bits per heavy atom. The van der Waals surface area contributed by atoms with E-state index in [1.807, 2.05) is 60.4 Å². The normalized spacial score (nSPS) is 13.7. The van der Waals surface area contributed by atoms with Crippen LogP contribution in [0, 0.1) is 0 Å². The number of benzene rings is 1. The van der Waals surface area contributed by atoms with E-state index in [2.05, 4.69) is 31.0 Å². The Kier molecular flexibility index (Phi) is 5.37. The number of hydrogen-bond acceptors (Lipinski definition) is 9. The minimum atomic E-state index is 0.220. The zero-order valence-electron chi connectivity index (χ0n) is 21.3. The Morgan fingerprint density at radius 1 is 1.05 bits per heavy atom. The lowest BCUT2D eigenvalue weighted by Gasteiger charge is -2.37. The van der Waals surface area contributed by atoms with Crippen molar-refractivity contribution < 1.29 is 4.74 Å². The van der Waals surface area contributed by atoms with Gasteiger partial charge in [0.05, 0.1) is 28.5 Å². The molecule has 5 aromatic heterocycles. The maximum atomic E-state index is 6.27. The molecule has 194 valence electrons. The van der Waals surface area contributed by atoms with Crippen LogP contribution in [-0.4, -0.2) is 53.4 Å². The van der Waals surface area contributed by atoms with Gasteiger partial charge in [-0.3, -0.25) is 14.2 Å². The maximum Gasteiger partial charge on any atom is 0.150 e. The van der Waals surface area contributed by atoms with Crippen molar-refractivity contribution in [3.63, 3.8) is 0 Å². The molecule has 1 saturated heterocycles. The van der Waals surface area contributed by atoms with Gasteiger partial charge in [-0.2, -0.15) is 5.10 Å². The summed E-state index contributed by atoms with van der Waals surface area (Å²) < 4.78 is 9.86. The van der Waals surface area contributed by atoms with Crippen molar-refractivity contribution in [2.75, 3.05) is 23.7 Å². The molecular weight excluding hydrogens is 492 g/mol. The molecule has 6 aromatic rings. The topological polar surface area (TPSA) is 139 Å². The summed E-state index contributed by atoms with van der Waals surface area (Å²) in [5.41, 5.74) is 17.2. The third kappa shape index (κ3) is 4.18. The quantitative estimate of drug-likeness (QED) is 0.340. The summed E-state index contributed by atoms with van der Waals surface area (Å²) in [7, 11) is 1.88. The smallest absolute Gasteiger partial charge is 0.150 e. The Morgan fingerprint density at radius 3 is 2.74 bits per heavy atom. The lowest BCUT2D eigenvalue weighted by molar-refractivity contribution is 0.306. The molecule has 7 rings (SSSR count). The lowest BCUT2D eigenvalue weighted by atomic mass is 10.1. The highest BCUT2D eigenvalue weighted by Crippen LogP contribution is 2.33. The van der Waals surface area contributed by atoms with Crippen molar-refractivity contribution in [2.45, 2.75) is 12.6 Å². The van der Waals surface area contributed by atoms with Crippen molar-refractivity contribution in [1.82, 2.24) is 34.3 Å². The molecule has 39 heavy (non-hydrogen) atoms. The first-order valence-corrected chi connectivity index (χ1v) is 12.6. The highest BCUT2D eigenvalue weighted by molar-refractivity contribution is 6.00. The zero-order chi connectivity index (χ0) is 26.5. The maximum absolute atomic E-state index is 6.27. The molecule has 0 saturated carbocycles. The second kappa shape index (κ2) is 9.07. The fraction of sp³-hybridized carbons (Fsp3) is 0.179. The highest BCUT2D eigenvalue weighted by atomic mass is 16.5. The van der Waals surface area contributed by atoms with Gasteiger partial charge in [0.2, 0.25) is 0 Å². The van der Waals surface area contributed by atoms with Gasteiger partial charge in [-0.15, -0.1) is 0 Å². The summed E-state index contributed by atoms with van der Waals surface area (Å²) >= 11 is 0. The van der Waals surface area contributed by atoms with E-state index >= 15 is 0 Å². The van der Waals surface area contributed by atoms with E-state index in [0.717, 1.165) is 63.5 Å². The number of aryl methyl sites for hydroxylation is 1. The van der Waals surface area contributed by atoms with Crippen LogP contribution in [0.2, 0.25) is 0 Å². The number of nitrogens with zero attached hydrogens (tertiary/aromatic N) is 8. The molecule has 1 aromatic carbocycles. The zero-order valence-corrected chi connectivity index (χ0v) is 21.3. The molecule has 4 N–H and O–H groups in total. The van der Waals surface area contributed by atoms with E-state index in [1.54, 1.807) is 17.1 Å². The minimum absolute atomic E-state index is 0.220. The van der Waals surface area contributed by atoms with E-state index in [1.165, 1.54) is 6.33 Å². The van der Waals surface area contributed by atoms with Gasteiger partial charge in [-0.25, -0.2) is 15.0 Å². The molecule has 0 aliphatic carbocycles. The van der Waals surface area contributed by atoms with E-state index in [9.17, 15) is 0 Å². The molecule has 1 aliphatic rings. The Balaban J connectivity index is 1.17. The van der Waals surface area contributed by atoms with Gasteiger partial charge in [0.1, 0.15) is 30.3 Å². The number of rotatable bonds is 6. The first-order chi connectivity index (χ1) is 19.0. The van der Waals surface area contributed by atoms with E-state index < -0.39 is 0 Å². The number of nitrogen functional groups attached to an aromatic ring is 1. The number of nitrogens with two attached hydrogens (primary N) is 2. The van der Waals surface area contributed by atoms with E-state index in [0.29, 0.717) is 18.1 Å². The predicted molar refractivity (Wildman–Crippen MR) is 150 cm³/mol. The molecule has 6 heterocycles. The summed E-state index contributed by atoms with van der Waals surface area (Å²) in [6.07, 6.45) is 8.90. The number of ether oxygens (including phenoxy) is 1. The van der Waals surface area contributed by atoms with Crippen LogP contribution >= 0.6 is 0 Å². The van der Waals surface area contributed by atoms with Crippen LogP contribution in [0.5, 0.6) is 5.75 Å². The van der Waals surface area contributed by atoms with Gasteiger partial charge in [-0.1, -0.05) is 0 Å². The van der Waals surface area contributed by atoms with Crippen LogP contribution in [0.15, 0.2) is 73.6 Å². The number of hydrogen-bond donors (Lipinski definition) is 2. The van der Waals surface area contributed by atoms with Gasteiger partial charge in [0, 0.05) is 67.3 Å². The van der Waals surface area contributed by atoms with Crippen molar-refractivity contribution in [3.8, 4) is 22.7 Å². The SMILES string of the molecule is Cn1ccc(-c2cn(-c3cncc(COc4ccc5ccc(N6CC(N)C6)nc5c4)c3)c3ncnc(N)c23)n1. The molecule has 0 atom stereocenters. The van der Waals surface area contributed by atoms with Crippen molar-refractivity contribution >= 4 is 33.6 Å². The molecular formula is C28H26N10O. The molecule has 0 amide bonds. The second-order valence-electron chi connectivity index (χ2n) is 9.77. The van der Waals surface area contributed by atoms with Crippen LogP contribution in [0.25, 0.3) is 38.9 Å². The molecule has 1 aliphatic heterocycles. The average Bonchev–Trinajstić information content (AvgIpc) is 3.54. The van der Waals surface area contributed by atoms with Gasteiger partial charge in [-0.05, 0) is 36.4 Å². The monoisotopic (exact) mass is 518 g/mol. The fourth-order valence-electron chi connectivity index (χ4n) is 4.94. The Labute approximate surface area is 223 Å². The van der Waals surface area contributed by atoms with Crippen LogP contribution in [-0.2, 0) is 13.7 Å². The van der Waals surface area contributed by atoms with Crippen LogP contribution in [0.4, 0.5) is 11.6 Å². The Hall–Kier alpha value is -5.03. The average molecular weight is 519 g/mol. The molecule has 0 bridgehead atoms. The van der Waals surface area contributed by atoms with Crippen molar-refractivity contribution in [1.29, 1.82) is 0 Å². The Bertz CT molecular complexity index is 1840. The summed E-state index contributed by atoms with van der Waals surface area (Å²) in [5.74, 6) is 2.07.